The van der Waals surface area contributed by atoms with E-state index in [9.17, 15) is 4.79 Å². The summed E-state index contributed by atoms with van der Waals surface area (Å²) in [5, 5.41) is 3.98. The van der Waals surface area contributed by atoms with Gasteiger partial charge in [0, 0.05) is 5.92 Å². The highest BCUT2D eigenvalue weighted by atomic mass is 32.1. The maximum Gasteiger partial charge on any atom is 0.223 e. The summed E-state index contributed by atoms with van der Waals surface area (Å²) in [6, 6.07) is 8.06. The zero-order chi connectivity index (χ0) is 13.1. The second kappa shape index (κ2) is 5.53. The fraction of sp³-hybridized carbons (Fsp3) is 0.333. The van der Waals surface area contributed by atoms with Crippen molar-refractivity contribution in [3.63, 3.8) is 0 Å². The minimum Gasteiger partial charge on any atom is -0.349 e. The molecule has 0 radical (unpaired) electrons. The first-order chi connectivity index (χ1) is 9.33. The molecule has 98 valence electrons. The molecule has 1 aromatic carbocycles. The average molecular weight is 272 g/mol. The van der Waals surface area contributed by atoms with E-state index in [1.165, 1.54) is 4.70 Å². The Morgan fingerprint density at radius 1 is 1.37 bits per heavy atom. The molecule has 3 rings (SSSR count). The van der Waals surface area contributed by atoms with E-state index in [1.807, 2.05) is 18.2 Å². The van der Waals surface area contributed by atoms with Gasteiger partial charge in [-0.15, -0.1) is 11.3 Å². The number of nitrogens with zero attached hydrogens (tertiary/aromatic N) is 1. The van der Waals surface area contributed by atoms with Crippen molar-refractivity contribution in [3.05, 3.63) is 41.4 Å². The lowest BCUT2D eigenvalue weighted by molar-refractivity contribution is -0.125. The molecule has 0 saturated carbocycles. The Hall–Kier alpha value is -1.68. The van der Waals surface area contributed by atoms with Crippen LogP contribution >= 0.6 is 11.3 Å². The Bertz CT molecular complexity index is 584. The van der Waals surface area contributed by atoms with Crippen molar-refractivity contribution in [1.82, 2.24) is 10.3 Å². The lowest BCUT2D eigenvalue weighted by Crippen LogP contribution is -2.30. The van der Waals surface area contributed by atoms with Crippen molar-refractivity contribution < 1.29 is 4.79 Å². The van der Waals surface area contributed by atoms with E-state index in [4.69, 9.17) is 0 Å². The van der Waals surface area contributed by atoms with Gasteiger partial charge in [-0.3, -0.25) is 4.79 Å². The summed E-state index contributed by atoms with van der Waals surface area (Å²) in [6.07, 6.45) is 7.09. The zero-order valence-corrected chi connectivity index (χ0v) is 11.5. The number of para-hydroxylation sites is 1. The Labute approximate surface area is 116 Å². The quantitative estimate of drug-likeness (QED) is 0.871. The van der Waals surface area contributed by atoms with Gasteiger partial charge in [0.15, 0.2) is 0 Å². The molecule has 1 atom stereocenters. The lowest BCUT2D eigenvalue weighted by Gasteiger charge is -2.16. The van der Waals surface area contributed by atoms with E-state index in [2.05, 4.69) is 28.5 Å². The van der Waals surface area contributed by atoms with Crippen LogP contribution in [0.1, 0.15) is 24.3 Å². The number of nitrogens with one attached hydrogen (secondary N) is 1. The number of carbonyl (C=O) groups is 1. The topological polar surface area (TPSA) is 42.0 Å². The number of carbonyl (C=O) groups excluding carboxylic acids is 1. The van der Waals surface area contributed by atoms with Gasteiger partial charge in [0.1, 0.15) is 5.01 Å². The smallest absolute Gasteiger partial charge is 0.223 e. The Balaban J connectivity index is 1.62. The van der Waals surface area contributed by atoms with Gasteiger partial charge in [0.05, 0.1) is 16.8 Å². The number of hydrogen-bond donors (Lipinski definition) is 1. The number of benzene rings is 1. The maximum absolute atomic E-state index is 12.0. The molecule has 3 nitrogen and oxygen atoms in total. The molecule has 1 aliphatic rings. The normalized spacial score (nSPS) is 18.6. The minimum atomic E-state index is 0.138. The van der Waals surface area contributed by atoms with Gasteiger partial charge in [-0.2, -0.15) is 0 Å². The fourth-order valence-electron chi connectivity index (χ4n) is 2.33. The third kappa shape index (κ3) is 2.84. The molecule has 0 unspecified atom stereocenters. The van der Waals surface area contributed by atoms with Gasteiger partial charge in [0.25, 0.3) is 0 Å². The SMILES string of the molecule is O=C(NCc1nc2ccccc2s1)[C@H]1CC=CCC1. The van der Waals surface area contributed by atoms with Crippen molar-refractivity contribution in [2.24, 2.45) is 5.92 Å². The molecule has 1 amide bonds. The van der Waals surface area contributed by atoms with Gasteiger partial charge in [-0.05, 0) is 31.4 Å². The molecule has 2 aromatic rings. The highest BCUT2D eigenvalue weighted by Crippen LogP contribution is 2.22. The molecule has 4 heteroatoms. The van der Waals surface area contributed by atoms with E-state index in [0.717, 1.165) is 29.8 Å². The number of hydrogen-bond acceptors (Lipinski definition) is 3. The Kier molecular flexibility index (Phi) is 3.60. The first-order valence-electron chi connectivity index (χ1n) is 6.60. The van der Waals surface area contributed by atoms with Crippen LogP contribution in [-0.4, -0.2) is 10.9 Å². The van der Waals surface area contributed by atoms with Crippen molar-refractivity contribution in [1.29, 1.82) is 0 Å². The molecular formula is C15H16N2OS. The summed E-state index contributed by atoms with van der Waals surface area (Å²) in [5.41, 5.74) is 1.01. The van der Waals surface area contributed by atoms with Crippen LogP contribution in [0.3, 0.4) is 0 Å². The van der Waals surface area contributed by atoms with Crippen LogP contribution in [0.25, 0.3) is 10.2 Å². The Morgan fingerprint density at radius 2 is 2.26 bits per heavy atom. The number of aromatic nitrogens is 1. The standard InChI is InChI=1S/C15H16N2OS/c18-15(11-6-2-1-3-7-11)16-10-14-17-12-8-4-5-9-13(12)19-14/h1-2,4-5,8-9,11H,3,6-7,10H2,(H,16,18)/t11-/m0/s1. The van der Waals surface area contributed by atoms with Gasteiger partial charge in [0.2, 0.25) is 5.91 Å². The summed E-state index contributed by atoms with van der Waals surface area (Å²) in [6.45, 7) is 0.540. The van der Waals surface area contributed by atoms with Gasteiger partial charge in [-0.25, -0.2) is 4.98 Å². The molecule has 0 bridgehead atoms. The van der Waals surface area contributed by atoms with E-state index in [1.54, 1.807) is 11.3 Å². The van der Waals surface area contributed by atoms with Crippen LogP contribution in [0, 0.1) is 5.92 Å². The predicted octanol–water partition coefficient (Wildman–Crippen LogP) is 3.27. The number of allylic oxidation sites excluding steroid dienone is 2. The van der Waals surface area contributed by atoms with Crippen molar-refractivity contribution in [2.45, 2.75) is 25.8 Å². The predicted molar refractivity (Wildman–Crippen MR) is 77.9 cm³/mol. The molecule has 1 aliphatic carbocycles. The van der Waals surface area contributed by atoms with E-state index in [0.29, 0.717) is 6.54 Å². The highest BCUT2D eigenvalue weighted by Gasteiger charge is 2.18. The van der Waals surface area contributed by atoms with Gasteiger partial charge < -0.3 is 5.32 Å². The largest absolute Gasteiger partial charge is 0.349 e. The number of fused-ring (bicyclic) bond motifs is 1. The van der Waals surface area contributed by atoms with E-state index >= 15 is 0 Å². The molecule has 1 N–H and O–H groups in total. The number of rotatable bonds is 3. The molecule has 19 heavy (non-hydrogen) atoms. The van der Waals surface area contributed by atoms with Crippen molar-refractivity contribution >= 4 is 27.5 Å². The number of thiazole rings is 1. The van der Waals surface area contributed by atoms with Crippen LogP contribution in [-0.2, 0) is 11.3 Å². The second-order valence-corrected chi connectivity index (χ2v) is 5.89. The van der Waals surface area contributed by atoms with Crippen molar-refractivity contribution in [3.8, 4) is 0 Å². The molecule has 0 aliphatic heterocycles. The van der Waals surface area contributed by atoms with Gasteiger partial charge in [-0.1, -0.05) is 24.3 Å². The molecule has 0 fully saturated rings. The summed E-state index contributed by atoms with van der Waals surface area (Å²) in [5.74, 6) is 0.294. The fourth-order valence-corrected chi connectivity index (χ4v) is 3.24. The Morgan fingerprint density at radius 3 is 3.05 bits per heavy atom. The molecule has 1 aromatic heterocycles. The van der Waals surface area contributed by atoms with Crippen molar-refractivity contribution in [2.75, 3.05) is 0 Å². The third-order valence-corrected chi connectivity index (χ3v) is 4.43. The van der Waals surface area contributed by atoms with Crippen LogP contribution in [0.2, 0.25) is 0 Å². The number of amides is 1. The van der Waals surface area contributed by atoms with Gasteiger partial charge >= 0.3 is 0 Å². The molecule has 0 spiro atoms. The second-order valence-electron chi connectivity index (χ2n) is 4.77. The highest BCUT2D eigenvalue weighted by molar-refractivity contribution is 7.18. The summed E-state index contributed by atoms with van der Waals surface area (Å²) >= 11 is 1.65. The average Bonchev–Trinajstić information content (AvgIpc) is 2.88. The van der Waals surface area contributed by atoms with Crippen LogP contribution in [0.4, 0.5) is 0 Å². The lowest BCUT2D eigenvalue weighted by atomic mass is 9.94. The van der Waals surface area contributed by atoms with Crippen LogP contribution < -0.4 is 5.32 Å². The summed E-state index contributed by atoms with van der Waals surface area (Å²) in [7, 11) is 0. The summed E-state index contributed by atoms with van der Waals surface area (Å²) < 4.78 is 1.17. The van der Waals surface area contributed by atoms with Crippen LogP contribution in [0.15, 0.2) is 36.4 Å². The van der Waals surface area contributed by atoms with E-state index in [-0.39, 0.29) is 11.8 Å². The zero-order valence-electron chi connectivity index (χ0n) is 10.6. The maximum atomic E-state index is 12.0. The monoisotopic (exact) mass is 272 g/mol. The first-order valence-corrected chi connectivity index (χ1v) is 7.42. The third-order valence-electron chi connectivity index (χ3n) is 3.39. The first kappa shape index (κ1) is 12.4. The molecule has 1 heterocycles. The van der Waals surface area contributed by atoms with E-state index < -0.39 is 0 Å². The molecular weight excluding hydrogens is 256 g/mol. The minimum absolute atomic E-state index is 0.138. The summed E-state index contributed by atoms with van der Waals surface area (Å²) in [4.78, 5) is 16.5. The molecule has 0 saturated heterocycles. The van der Waals surface area contributed by atoms with Crippen LogP contribution in [0.5, 0.6) is 0 Å².